The number of benzene rings is 1. The molecular formula is C13H17N3. The Morgan fingerprint density at radius 1 is 1.25 bits per heavy atom. The molecule has 3 nitrogen and oxygen atoms in total. The smallest absolute Gasteiger partial charge is 0.0571 e. The quantitative estimate of drug-likeness (QED) is 0.846. The van der Waals surface area contributed by atoms with E-state index in [1.165, 1.54) is 16.8 Å². The van der Waals surface area contributed by atoms with Crippen molar-refractivity contribution in [2.24, 2.45) is 0 Å². The van der Waals surface area contributed by atoms with E-state index >= 15 is 0 Å². The number of nitrogens with zero attached hydrogens (tertiary/aromatic N) is 2. The van der Waals surface area contributed by atoms with Crippen LogP contribution in [0.15, 0.2) is 36.5 Å². The van der Waals surface area contributed by atoms with Gasteiger partial charge in [-0.25, -0.2) is 0 Å². The molecule has 1 aromatic heterocycles. The van der Waals surface area contributed by atoms with Crippen LogP contribution in [0.5, 0.6) is 0 Å². The lowest BCUT2D eigenvalue weighted by Gasteiger charge is -2.05. The molecule has 0 saturated carbocycles. The highest BCUT2D eigenvalue weighted by Gasteiger charge is 2.07. The van der Waals surface area contributed by atoms with Gasteiger partial charge >= 0.3 is 0 Å². The molecule has 1 N–H and O–H groups in total. The normalized spacial score (nSPS) is 10.6. The van der Waals surface area contributed by atoms with E-state index in [0.29, 0.717) is 0 Å². The van der Waals surface area contributed by atoms with Crippen LogP contribution in [-0.2, 0) is 6.54 Å². The van der Waals surface area contributed by atoms with E-state index in [0.717, 1.165) is 13.1 Å². The Morgan fingerprint density at radius 2 is 2.00 bits per heavy atom. The number of hydrogen-bond donors (Lipinski definition) is 1. The molecule has 0 aliphatic carbocycles. The number of rotatable bonds is 4. The zero-order valence-corrected chi connectivity index (χ0v) is 9.77. The van der Waals surface area contributed by atoms with Gasteiger partial charge in [0, 0.05) is 17.8 Å². The van der Waals surface area contributed by atoms with Crippen LogP contribution in [0.2, 0.25) is 0 Å². The molecule has 0 bridgehead atoms. The molecule has 3 heteroatoms. The van der Waals surface area contributed by atoms with E-state index in [1.807, 2.05) is 24.0 Å². The SMILES string of the molecule is CNCCn1ncc(-c2ccccc2)c1C. The van der Waals surface area contributed by atoms with Crippen molar-refractivity contribution in [3.63, 3.8) is 0 Å². The van der Waals surface area contributed by atoms with Crippen LogP contribution >= 0.6 is 0 Å². The monoisotopic (exact) mass is 215 g/mol. The Hall–Kier alpha value is -1.61. The largest absolute Gasteiger partial charge is 0.318 e. The van der Waals surface area contributed by atoms with E-state index in [-0.39, 0.29) is 0 Å². The van der Waals surface area contributed by atoms with Gasteiger partial charge in [-0.05, 0) is 19.5 Å². The van der Waals surface area contributed by atoms with Gasteiger partial charge in [0.1, 0.15) is 0 Å². The summed E-state index contributed by atoms with van der Waals surface area (Å²) in [5, 5.41) is 7.54. The van der Waals surface area contributed by atoms with Crippen molar-refractivity contribution < 1.29 is 0 Å². The average molecular weight is 215 g/mol. The Bertz CT molecular complexity index is 445. The van der Waals surface area contributed by atoms with Gasteiger partial charge in [0.25, 0.3) is 0 Å². The Kier molecular flexibility index (Phi) is 3.37. The number of likely N-dealkylation sites (N-methyl/N-ethyl adjacent to an activating group) is 1. The summed E-state index contributed by atoms with van der Waals surface area (Å²) in [7, 11) is 1.96. The lowest BCUT2D eigenvalue weighted by molar-refractivity contribution is 0.572. The highest BCUT2D eigenvalue weighted by Crippen LogP contribution is 2.22. The Labute approximate surface area is 96.1 Å². The predicted molar refractivity (Wildman–Crippen MR) is 66.3 cm³/mol. The highest BCUT2D eigenvalue weighted by molar-refractivity contribution is 5.64. The van der Waals surface area contributed by atoms with Gasteiger partial charge in [0.15, 0.2) is 0 Å². The summed E-state index contributed by atoms with van der Waals surface area (Å²) < 4.78 is 2.04. The third-order valence-corrected chi connectivity index (χ3v) is 2.76. The molecule has 0 amide bonds. The van der Waals surface area contributed by atoms with Crippen LogP contribution in [0.1, 0.15) is 5.69 Å². The standard InChI is InChI=1S/C13H17N3/c1-11-13(12-6-4-3-5-7-12)10-15-16(11)9-8-14-2/h3-7,10,14H,8-9H2,1-2H3. The summed E-state index contributed by atoms with van der Waals surface area (Å²) in [6, 6.07) is 10.4. The molecule has 1 aromatic carbocycles. The van der Waals surface area contributed by atoms with Crippen molar-refractivity contribution in [2.75, 3.05) is 13.6 Å². The maximum atomic E-state index is 4.41. The fourth-order valence-corrected chi connectivity index (χ4v) is 1.79. The van der Waals surface area contributed by atoms with Crippen LogP contribution in [-0.4, -0.2) is 23.4 Å². The summed E-state index contributed by atoms with van der Waals surface area (Å²) >= 11 is 0. The summed E-state index contributed by atoms with van der Waals surface area (Å²) in [6.07, 6.45) is 1.94. The predicted octanol–water partition coefficient (Wildman–Crippen LogP) is 2.08. The maximum Gasteiger partial charge on any atom is 0.0571 e. The second kappa shape index (κ2) is 4.94. The molecule has 2 aromatic rings. The number of aromatic nitrogens is 2. The first-order valence-corrected chi connectivity index (χ1v) is 5.55. The van der Waals surface area contributed by atoms with Gasteiger partial charge in [0.05, 0.1) is 12.7 Å². The van der Waals surface area contributed by atoms with Crippen molar-refractivity contribution in [3.05, 3.63) is 42.2 Å². The van der Waals surface area contributed by atoms with E-state index < -0.39 is 0 Å². The lowest BCUT2D eigenvalue weighted by Crippen LogP contribution is -2.16. The lowest BCUT2D eigenvalue weighted by atomic mass is 10.1. The molecule has 0 aliphatic rings. The molecule has 0 fully saturated rings. The van der Waals surface area contributed by atoms with Crippen LogP contribution in [0.25, 0.3) is 11.1 Å². The van der Waals surface area contributed by atoms with Gasteiger partial charge in [-0.3, -0.25) is 4.68 Å². The molecule has 16 heavy (non-hydrogen) atoms. The minimum Gasteiger partial charge on any atom is -0.318 e. The summed E-state index contributed by atoms with van der Waals surface area (Å²) in [5.41, 5.74) is 3.67. The van der Waals surface area contributed by atoms with Gasteiger partial charge in [0.2, 0.25) is 0 Å². The van der Waals surface area contributed by atoms with Crippen molar-refractivity contribution in [2.45, 2.75) is 13.5 Å². The Balaban J connectivity index is 2.27. The van der Waals surface area contributed by atoms with Gasteiger partial charge < -0.3 is 5.32 Å². The molecule has 2 rings (SSSR count). The van der Waals surface area contributed by atoms with E-state index in [1.54, 1.807) is 0 Å². The minimum atomic E-state index is 0.912. The second-order valence-corrected chi connectivity index (χ2v) is 3.84. The number of hydrogen-bond acceptors (Lipinski definition) is 2. The topological polar surface area (TPSA) is 29.9 Å². The molecule has 1 heterocycles. The fourth-order valence-electron chi connectivity index (χ4n) is 1.79. The average Bonchev–Trinajstić information content (AvgIpc) is 2.69. The van der Waals surface area contributed by atoms with Gasteiger partial charge in [-0.1, -0.05) is 30.3 Å². The highest BCUT2D eigenvalue weighted by atomic mass is 15.3. The molecule has 0 atom stereocenters. The zero-order valence-electron chi connectivity index (χ0n) is 9.77. The first-order chi connectivity index (χ1) is 7.83. The van der Waals surface area contributed by atoms with E-state index in [9.17, 15) is 0 Å². The molecule has 0 spiro atoms. The van der Waals surface area contributed by atoms with Crippen LogP contribution in [0.3, 0.4) is 0 Å². The van der Waals surface area contributed by atoms with Crippen LogP contribution in [0, 0.1) is 6.92 Å². The minimum absolute atomic E-state index is 0.912. The molecule has 0 aliphatic heterocycles. The summed E-state index contributed by atoms with van der Waals surface area (Å²) in [4.78, 5) is 0. The van der Waals surface area contributed by atoms with Crippen molar-refractivity contribution in [3.8, 4) is 11.1 Å². The van der Waals surface area contributed by atoms with Gasteiger partial charge in [-0.15, -0.1) is 0 Å². The summed E-state index contributed by atoms with van der Waals surface area (Å²) in [5.74, 6) is 0. The van der Waals surface area contributed by atoms with Crippen LogP contribution < -0.4 is 5.32 Å². The van der Waals surface area contributed by atoms with Crippen molar-refractivity contribution in [1.82, 2.24) is 15.1 Å². The van der Waals surface area contributed by atoms with E-state index in [2.05, 4.69) is 41.6 Å². The molecule has 84 valence electrons. The van der Waals surface area contributed by atoms with Crippen molar-refractivity contribution >= 4 is 0 Å². The Morgan fingerprint density at radius 3 is 2.69 bits per heavy atom. The first kappa shape index (κ1) is 10.9. The van der Waals surface area contributed by atoms with Crippen LogP contribution in [0.4, 0.5) is 0 Å². The maximum absolute atomic E-state index is 4.41. The molecule has 0 saturated heterocycles. The molecule has 0 radical (unpaired) electrons. The number of nitrogens with one attached hydrogen (secondary N) is 1. The second-order valence-electron chi connectivity index (χ2n) is 3.84. The fraction of sp³-hybridized carbons (Fsp3) is 0.308. The third kappa shape index (κ3) is 2.14. The van der Waals surface area contributed by atoms with Crippen molar-refractivity contribution in [1.29, 1.82) is 0 Å². The van der Waals surface area contributed by atoms with E-state index in [4.69, 9.17) is 0 Å². The first-order valence-electron chi connectivity index (χ1n) is 5.55. The molecular weight excluding hydrogens is 198 g/mol. The van der Waals surface area contributed by atoms with Gasteiger partial charge in [-0.2, -0.15) is 5.10 Å². The summed E-state index contributed by atoms with van der Waals surface area (Å²) in [6.45, 7) is 3.97. The zero-order chi connectivity index (χ0) is 11.4. The third-order valence-electron chi connectivity index (χ3n) is 2.76. The molecule has 0 unspecified atom stereocenters.